The number of ether oxygens (including phenoxy) is 2. The maximum atomic E-state index is 12.4. The predicted octanol–water partition coefficient (Wildman–Crippen LogP) is 2.55. The van der Waals surface area contributed by atoms with Crippen molar-refractivity contribution in [2.45, 2.75) is 13.8 Å². The van der Waals surface area contributed by atoms with Crippen LogP contribution >= 0.6 is 0 Å². The second-order valence-corrected chi connectivity index (χ2v) is 5.67. The van der Waals surface area contributed by atoms with E-state index in [-0.39, 0.29) is 13.2 Å². The molecule has 0 spiro atoms. The molecule has 2 aromatic rings. The molecule has 0 unspecified atom stereocenters. The first-order valence-electron chi connectivity index (χ1n) is 8.48. The monoisotopic (exact) mass is 356 g/mol. The predicted molar refractivity (Wildman–Crippen MR) is 101 cm³/mol. The molecule has 0 radical (unpaired) electrons. The van der Waals surface area contributed by atoms with Crippen LogP contribution in [0.2, 0.25) is 0 Å². The van der Waals surface area contributed by atoms with Gasteiger partial charge in [-0.2, -0.15) is 0 Å². The molecule has 0 atom stereocenters. The lowest BCUT2D eigenvalue weighted by Gasteiger charge is -2.20. The van der Waals surface area contributed by atoms with Crippen molar-refractivity contribution in [3.8, 4) is 11.5 Å². The standard InChI is InChI=1S/C20H24N2O4/c1-4-22(16-7-5-6-15(2)14-16)20(24)19(23)21-12-13-26-18-10-8-17(25-3)9-11-18/h5-11,14H,4,12-13H2,1-3H3,(H,21,23). The zero-order valence-corrected chi connectivity index (χ0v) is 15.3. The Labute approximate surface area is 153 Å². The minimum absolute atomic E-state index is 0.238. The second-order valence-electron chi connectivity index (χ2n) is 5.67. The van der Waals surface area contributed by atoms with Crippen LogP contribution in [0.15, 0.2) is 48.5 Å². The SMILES string of the molecule is CCN(C(=O)C(=O)NCCOc1ccc(OC)cc1)c1cccc(C)c1. The molecule has 2 rings (SSSR count). The molecule has 0 aliphatic rings. The minimum Gasteiger partial charge on any atom is -0.497 e. The first-order chi connectivity index (χ1) is 12.5. The molecule has 0 aliphatic carbocycles. The van der Waals surface area contributed by atoms with Gasteiger partial charge in [0.25, 0.3) is 0 Å². The quantitative estimate of drug-likeness (QED) is 0.612. The normalized spacial score (nSPS) is 10.1. The number of amides is 2. The average molecular weight is 356 g/mol. The summed E-state index contributed by atoms with van der Waals surface area (Å²) in [5.41, 5.74) is 1.74. The molecule has 6 nitrogen and oxygen atoms in total. The van der Waals surface area contributed by atoms with Gasteiger partial charge in [-0.1, -0.05) is 12.1 Å². The lowest BCUT2D eigenvalue weighted by molar-refractivity contribution is -0.137. The van der Waals surface area contributed by atoms with E-state index in [4.69, 9.17) is 9.47 Å². The van der Waals surface area contributed by atoms with Gasteiger partial charge in [-0.25, -0.2) is 0 Å². The van der Waals surface area contributed by atoms with Crippen molar-refractivity contribution in [1.29, 1.82) is 0 Å². The van der Waals surface area contributed by atoms with E-state index in [1.165, 1.54) is 4.90 Å². The molecular weight excluding hydrogens is 332 g/mol. The molecule has 0 aliphatic heterocycles. The Morgan fingerprint density at radius 3 is 2.38 bits per heavy atom. The highest BCUT2D eigenvalue weighted by Crippen LogP contribution is 2.17. The maximum absolute atomic E-state index is 12.4. The Morgan fingerprint density at radius 1 is 1.08 bits per heavy atom. The van der Waals surface area contributed by atoms with Crippen LogP contribution in [0.1, 0.15) is 12.5 Å². The molecule has 2 amide bonds. The van der Waals surface area contributed by atoms with E-state index >= 15 is 0 Å². The first-order valence-corrected chi connectivity index (χ1v) is 8.48. The lowest BCUT2D eigenvalue weighted by atomic mass is 10.2. The van der Waals surface area contributed by atoms with Crippen molar-refractivity contribution in [3.63, 3.8) is 0 Å². The van der Waals surface area contributed by atoms with Crippen LogP contribution in [0.4, 0.5) is 5.69 Å². The molecule has 0 bridgehead atoms. The molecule has 2 aromatic carbocycles. The van der Waals surface area contributed by atoms with E-state index in [1.807, 2.05) is 38.1 Å². The molecule has 0 saturated carbocycles. The van der Waals surface area contributed by atoms with Crippen molar-refractivity contribution in [3.05, 3.63) is 54.1 Å². The van der Waals surface area contributed by atoms with Gasteiger partial charge in [0.1, 0.15) is 18.1 Å². The summed E-state index contributed by atoms with van der Waals surface area (Å²) in [4.78, 5) is 26.0. The molecule has 26 heavy (non-hydrogen) atoms. The zero-order valence-electron chi connectivity index (χ0n) is 15.3. The Morgan fingerprint density at radius 2 is 1.77 bits per heavy atom. The van der Waals surface area contributed by atoms with Gasteiger partial charge in [-0.05, 0) is 55.8 Å². The smallest absolute Gasteiger partial charge is 0.316 e. The summed E-state index contributed by atoms with van der Waals surface area (Å²) in [6, 6.07) is 14.6. The number of anilines is 1. The van der Waals surface area contributed by atoms with E-state index in [0.29, 0.717) is 18.0 Å². The molecule has 138 valence electrons. The van der Waals surface area contributed by atoms with Crippen LogP contribution in [-0.4, -0.2) is 38.6 Å². The van der Waals surface area contributed by atoms with Crippen molar-refractivity contribution in [2.24, 2.45) is 0 Å². The highest BCUT2D eigenvalue weighted by atomic mass is 16.5. The van der Waals surface area contributed by atoms with E-state index in [2.05, 4.69) is 5.32 Å². The number of benzene rings is 2. The van der Waals surface area contributed by atoms with E-state index in [1.54, 1.807) is 31.4 Å². The van der Waals surface area contributed by atoms with Crippen LogP contribution in [0.5, 0.6) is 11.5 Å². The minimum atomic E-state index is -0.647. The second kappa shape index (κ2) is 9.46. The molecule has 0 heterocycles. The van der Waals surface area contributed by atoms with Crippen LogP contribution in [0.25, 0.3) is 0 Å². The third kappa shape index (κ3) is 5.24. The molecule has 0 saturated heterocycles. The molecule has 6 heteroatoms. The van der Waals surface area contributed by atoms with Crippen LogP contribution in [0, 0.1) is 6.92 Å². The highest BCUT2D eigenvalue weighted by Gasteiger charge is 2.21. The highest BCUT2D eigenvalue weighted by molar-refractivity contribution is 6.40. The summed E-state index contributed by atoms with van der Waals surface area (Å²) in [6.45, 7) is 4.70. The zero-order chi connectivity index (χ0) is 18.9. The number of nitrogens with zero attached hydrogens (tertiary/aromatic N) is 1. The van der Waals surface area contributed by atoms with Crippen LogP contribution in [0.3, 0.4) is 0 Å². The van der Waals surface area contributed by atoms with Gasteiger partial charge >= 0.3 is 11.8 Å². The Balaban J connectivity index is 1.83. The number of rotatable bonds is 7. The fourth-order valence-corrected chi connectivity index (χ4v) is 2.44. The average Bonchev–Trinajstić information content (AvgIpc) is 2.66. The fourth-order valence-electron chi connectivity index (χ4n) is 2.44. The number of nitrogens with one attached hydrogen (secondary N) is 1. The van der Waals surface area contributed by atoms with Crippen molar-refractivity contribution in [1.82, 2.24) is 5.32 Å². The van der Waals surface area contributed by atoms with Gasteiger partial charge in [0.15, 0.2) is 0 Å². The number of carbonyl (C=O) groups excluding carboxylic acids is 2. The number of likely N-dealkylation sites (N-methyl/N-ethyl adjacent to an activating group) is 1. The maximum Gasteiger partial charge on any atom is 0.316 e. The molecule has 1 N–H and O–H groups in total. The van der Waals surface area contributed by atoms with E-state index < -0.39 is 11.8 Å². The van der Waals surface area contributed by atoms with Crippen LogP contribution < -0.4 is 19.7 Å². The molecular formula is C20H24N2O4. The Bertz CT molecular complexity index is 744. The summed E-state index contributed by atoms with van der Waals surface area (Å²) >= 11 is 0. The van der Waals surface area contributed by atoms with Crippen molar-refractivity contribution in [2.75, 3.05) is 31.7 Å². The third-order valence-electron chi connectivity index (χ3n) is 3.78. The Kier molecular flexibility index (Phi) is 7.02. The molecule has 0 aromatic heterocycles. The number of aryl methyl sites for hydroxylation is 1. The van der Waals surface area contributed by atoms with Crippen molar-refractivity contribution < 1.29 is 19.1 Å². The van der Waals surface area contributed by atoms with Gasteiger partial charge in [-0.3, -0.25) is 9.59 Å². The van der Waals surface area contributed by atoms with Gasteiger partial charge in [0.05, 0.1) is 13.7 Å². The third-order valence-corrected chi connectivity index (χ3v) is 3.78. The summed E-state index contributed by atoms with van der Waals surface area (Å²) in [5.74, 6) is 0.183. The van der Waals surface area contributed by atoms with Gasteiger partial charge in [0, 0.05) is 12.2 Å². The summed E-state index contributed by atoms with van der Waals surface area (Å²) in [7, 11) is 1.60. The van der Waals surface area contributed by atoms with E-state index in [0.717, 1.165) is 11.3 Å². The van der Waals surface area contributed by atoms with Gasteiger partial charge in [0.2, 0.25) is 0 Å². The number of hydrogen-bond acceptors (Lipinski definition) is 4. The van der Waals surface area contributed by atoms with Crippen LogP contribution in [-0.2, 0) is 9.59 Å². The number of hydrogen-bond donors (Lipinski definition) is 1. The Hall–Kier alpha value is -3.02. The van der Waals surface area contributed by atoms with E-state index in [9.17, 15) is 9.59 Å². The summed E-state index contributed by atoms with van der Waals surface area (Å²) in [5, 5.41) is 2.59. The van der Waals surface area contributed by atoms with Crippen molar-refractivity contribution >= 4 is 17.5 Å². The molecule has 0 fully saturated rings. The van der Waals surface area contributed by atoms with Gasteiger partial charge in [-0.15, -0.1) is 0 Å². The summed E-state index contributed by atoms with van der Waals surface area (Å²) in [6.07, 6.45) is 0. The first kappa shape index (κ1) is 19.3. The topological polar surface area (TPSA) is 67.9 Å². The lowest BCUT2D eigenvalue weighted by Crippen LogP contribution is -2.44. The van der Waals surface area contributed by atoms with Gasteiger partial charge < -0.3 is 19.7 Å². The number of carbonyl (C=O) groups is 2. The largest absolute Gasteiger partial charge is 0.497 e. The summed E-state index contributed by atoms with van der Waals surface area (Å²) < 4.78 is 10.6. The fraction of sp³-hybridized carbons (Fsp3) is 0.300. The number of methoxy groups -OCH3 is 1.